The maximum absolute atomic E-state index is 12.9. The van der Waals surface area contributed by atoms with Crippen molar-refractivity contribution in [1.82, 2.24) is 5.32 Å². The van der Waals surface area contributed by atoms with Crippen LogP contribution in [0.4, 0.5) is 5.69 Å². The number of amidine groups is 1. The Bertz CT molecular complexity index is 1190. The zero-order valence-electron chi connectivity index (χ0n) is 17.1. The highest BCUT2D eigenvalue weighted by Crippen LogP contribution is 2.36. The van der Waals surface area contributed by atoms with Crippen molar-refractivity contribution < 1.29 is 22.7 Å². The first kappa shape index (κ1) is 19.9. The molecule has 0 bridgehead atoms. The monoisotopic (exact) mass is 441 g/mol. The Morgan fingerprint density at radius 3 is 2.81 bits per heavy atom. The van der Waals surface area contributed by atoms with Crippen molar-refractivity contribution in [3.8, 4) is 11.5 Å². The van der Waals surface area contributed by atoms with Crippen molar-refractivity contribution in [3.63, 3.8) is 0 Å². The zero-order chi connectivity index (χ0) is 21.6. The second kappa shape index (κ2) is 7.56. The molecule has 0 saturated carbocycles. The van der Waals surface area contributed by atoms with E-state index in [1.807, 2.05) is 30.0 Å². The van der Waals surface area contributed by atoms with E-state index in [0.29, 0.717) is 29.4 Å². The third-order valence-corrected chi connectivity index (χ3v) is 7.19. The van der Waals surface area contributed by atoms with Gasteiger partial charge in [0.15, 0.2) is 11.5 Å². The lowest BCUT2D eigenvalue weighted by Crippen LogP contribution is -2.35. The van der Waals surface area contributed by atoms with Crippen LogP contribution in [0.25, 0.3) is 0 Å². The molecule has 1 saturated heterocycles. The normalized spacial score (nSPS) is 19.5. The number of ether oxygens (including phenoxy) is 2. The molecule has 1 atom stereocenters. The zero-order valence-corrected chi connectivity index (χ0v) is 17.9. The molecule has 162 valence electrons. The molecule has 0 aliphatic carbocycles. The summed E-state index contributed by atoms with van der Waals surface area (Å²) in [7, 11) is -3.84. The van der Waals surface area contributed by atoms with Crippen LogP contribution in [0.3, 0.4) is 0 Å². The van der Waals surface area contributed by atoms with Gasteiger partial charge in [-0.15, -0.1) is 4.40 Å². The minimum Gasteiger partial charge on any atom is -0.454 e. The van der Waals surface area contributed by atoms with Gasteiger partial charge in [0.2, 0.25) is 6.79 Å². The molecule has 3 aliphatic rings. The fraction of sp³-hybridized carbons (Fsp3) is 0.364. The lowest BCUT2D eigenvalue weighted by Gasteiger charge is -2.29. The largest absolute Gasteiger partial charge is 0.454 e. The SMILES string of the molecule is C[C@@H](NC(=O)c1ccc2c(c1)S(=O)(=O)N=C1CCCCCN12)c1ccc2c(c1)OCO2. The van der Waals surface area contributed by atoms with Crippen LogP contribution in [0, 0.1) is 0 Å². The highest BCUT2D eigenvalue weighted by molar-refractivity contribution is 7.90. The van der Waals surface area contributed by atoms with E-state index in [9.17, 15) is 13.2 Å². The average Bonchev–Trinajstić information content (AvgIpc) is 3.10. The first-order chi connectivity index (χ1) is 14.9. The lowest BCUT2D eigenvalue weighted by atomic mass is 10.1. The Kier molecular flexibility index (Phi) is 4.85. The van der Waals surface area contributed by atoms with Crippen molar-refractivity contribution >= 4 is 27.5 Å². The smallest absolute Gasteiger partial charge is 0.286 e. The van der Waals surface area contributed by atoms with E-state index in [-0.39, 0.29) is 29.2 Å². The molecule has 3 aliphatic heterocycles. The van der Waals surface area contributed by atoms with E-state index >= 15 is 0 Å². The predicted molar refractivity (Wildman–Crippen MR) is 115 cm³/mol. The fourth-order valence-corrected chi connectivity index (χ4v) is 5.45. The van der Waals surface area contributed by atoms with Crippen LogP contribution in [0.2, 0.25) is 0 Å². The summed E-state index contributed by atoms with van der Waals surface area (Å²) < 4.78 is 40.3. The number of amides is 1. The van der Waals surface area contributed by atoms with Crippen LogP contribution in [-0.2, 0) is 10.0 Å². The molecule has 3 heterocycles. The molecule has 8 nitrogen and oxygen atoms in total. The third-order valence-electron chi connectivity index (χ3n) is 5.85. The Morgan fingerprint density at radius 1 is 1.10 bits per heavy atom. The van der Waals surface area contributed by atoms with E-state index in [4.69, 9.17) is 9.47 Å². The number of sulfonamides is 1. The number of nitrogens with zero attached hydrogens (tertiary/aromatic N) is 2. The Balaban J connectivity index is 1.40. The summed E-state index contributed by atoms with van der Waals surface area (Å²) in [4.78, 5) is 14.9. The number of rotatable bonds is 3. The summed E-state index contributed by atoms with van der Waals surface area (Å²) in [6, 6.07) is 10.0. The van der Waals surface area contributed by atoms with Gasteiger partial charge in [-0.3, -0.25) is 4.79 Å². The van der Waals surface area contributed by atoms with Crippen molar-refractivity contribution in [3.05, 3.63) is 47.5 Å². The molecule has 0 aromatic heterocycles. The van der Waals surface area contributed by atoms with Gasteiger partial charge in [0, 0.05) is 18.5 Å². The summed E-state index contributed by atoms with van der Waals surface area (Å²) in [5.41, 5.74) is 1.75. The average molecular weight is 442 g/mol. The summed E-state index contributed by atoms with van der Waals surface area (Å²) in [6.07, 6.45) is 3.60. The first-order valence-corrected chi connectivity index (χ1v) is 11.8. The first-order valence-electron chi connectivity index (χ1n) is 10.4. The second-order valence-corrected chi connectivity index (χ2v) is 9.51. The Hall–Kier alpha value is -3.07. The van der Waals surface area contributed by atoms with E-state index in [2.05, 4.69) is 9.71 Å². The summed E-state index contributed by atoms with van der Waals surface area (Å²) in [5.74, 6) is 1.56. The molecule has 2 aromatic rings. The standard InChI is InChI=1S/C22H23N3O5S/c1-14(15-7-9-18-19(11-15)30-13-29-18)23-22(26)16-6-8-17-20(12-16)31(27,28)24-21-5-3-2-4-10-25(17)21/h6-9,11-12,14H,2-5,10,13H2,1H3,(H,23,26)/t14-/m1/s1. The van der Waals surface area contributed by atoms with Crippen LogP contribution >= 0.6 is 0 Å². The van der Waals surface area contributed by atoms with Gasteiger partial charge < -0.3 is 19.7 Å². The molecule has 1 N–H and O–H groups in total. The van der Waals surface area contributed by atoms with Gasteiger partial charge in [0.05, 0.1) is 11.7 Å². The number of nitrogens with one attached hydrogen (secondary N) is 1. The van der Waals surface area contributed by atoms with Crippen molar-refractivity contribution in [2.75, 3.05) is 18.2 Å². The number of benzene rings is 2. The maximum atomic E-state index is 12.9. The predicted octanol–water partition coefficient (Wildman–Crippen LogP) is 3.39. The quantitative estimate of drug-likeness (QED) is 0.784. The summed E-state index contributed by atoms with van der Waals surface area (Å²) in [5, 5.41) is 2.92. The number of anilines is 1. The molecule has 1 amide bonds. The summed E-state index contributed by atoms with van der Waals surface area (Å²) >= 11 is 0. The van der Waals surface area contributed by atoms with E-state index in [1.54, 1.807) is 12.1 Å². The molecule has 2 aromatic carbocycles. The molecule has 9 heteroatoms. The van der Waals surface area contributed by atoms with Crippen LogP contribution in [0.5, 0.6) is 11.5 Å². The molecular weight excluding hydrogens is 418 g/mol. The van der Waals surface area contributed by atoms with Gasteiger partial charge in [-0.05, 0) is 55.7 Å². The van der Waals surface area contributed by atoms with Crippen LogP contribution in [0.1, 0.15) is 54.6 Å². The van der Waals surface area contributed by atoms with Crippen LogP contribution < -0.4 is 19.7 Å². The van der Waals surface area contributed by atoms with Gasteiger partial charge in [-0.2, -0.15) is 8.42 Å². The maximum Gasteiger partial charge on any atom is 0.286 e. The number of hydrogen-bond donors (Lipinski definition) is 1. The second-order valence-electron chi connectivity index (χ2n) is 7.94. The number of carbonyl (C=O) groups excluding carboxylic acids is 1. The van der Waals surface area contributed by atoms with Crippen molar-refractivity contribution in [1.29, 1.82) is 0 Å². The molecule has 31 heavy (non-hydrogen) atoms. The van der Waals surface area contributed by atoms with Gasteiger partial charge >= 0.3 is 0 Å². The van der Waals surface area contributed by atoms with Crippen LogP contribution in [0.15, 0.2) is 45.7 Å². The molecule has 5 rings (SSSR count). The van der Waals surface area contributed by atoms with Crippen LogP contribution in [-0.4, -0.2) is 33.5 Å². The van der Waals surface area contributed by atoms with E-state index < -0.39 is 10.0 Å². The van der Waals surface area contributed by atoms with Gasteiger partial charge in [-0.1, -0.05) is 12.5 Å². The minimum absolute atomic E-state index is 0.0848. The molecule has 1 fully saturated rings. The van der Waals surface area contributed by atoms with Crippen molar-refractivity contribution in [2.24, 2.45) is 4.40 Å². The third kappa shape index (κ3) is 3.63. The lowest BCUT2D eigenvalue weighted by molar-refractivity contribution is 0.0939. The van der Waals surface area contributed by atoms with Gasteiger partial charge in [-0.25, -0.2) is 0 Å². The Labute approximate surface area is 180 Å². The fourth-order valence-electron chi connectivity index (χ4n) is 4.17. The summed E-state index contributed by atoms with van der Waals surface area (Å²) in [6.45, 7) is 2.77. The Morgan fingerprint density at radius 2 is 1.94 bits per heavy atom. The molecule has 0 radical (unpaired) electrons. The van der Waals surface area contributed by atoms with E-state index in [0.717, 1.165) is 31.4 Å². The highest BCUT2D eigenvalue weighted by Gasteiger charge is 2.32. The van der Waals surface area contributed by atoms with E-state index in [1.165, 1.54) is 6.07 Å². The molecular formula is C22H23N3O5S. The molecule has 0 spiro atoms. The number of hydrogen-bond acceptors (Lipinski definition) is 6. The van der Waals surface area contributed by atoms with Gasteiger partial charge in [0.25, 0.3) is 15.9 Å². The minimum atomic E-state index is -3.84. The number of fused-ring (bicyclic) bond motifs is 4. The molecule has 0 unspecified atom stereocenters. The van der Waals surface area contributed by atoms with Gasteiger partial charge in [0.1, 0.15) is 10.7 Å². The van der Waals surface area contributed by atoms with Crippen molar-refractivity contribution in [2.45, 2.75) is 43.5 Å². The highest BCUT2D eigenvalue weighted by atomic mass is 32.2. The topological polar surface area (TPSA) is 97.3 Å². The number of carbonyl (C=O) groups is 1.